The minimum absolute atomic E-state index is 0.344. The standard InChI is InChI=1S/C13H18N4S/c1-3-8-14-10(2)11-6-4-5-7-12(11)18-13-15-9-16-17-13/h4-7,9-10,14H,3,8H2,1-2H3,(H,15,16,17). The Morgan fingerprint density at radius 1 is 1.39 bits per heavy atom. The zero-order valence-corrected chi connectivity index (χ0v) is 11.5. The van der Waals surface area contributed by atoms with Gasteiger partial charge in [-0.25, -0.2) is 4.98 Å². The van der Waals surface area contributed by atoms with Crippen molar-refractivity contribution in [3.8, 4) is 0 Å². The fraction of sp³-hybridized carbons (Fsp3) is 0.385. The molecule has 2 rings (SSSR count). The van der Waals surface area contributed by atoms with Crippen LogP contribution in [0, 0.1) is 0 Å². The number of hydrogen-bond donors (Lipinski definition) is 2. The Kier molecular flexibility index (Phi) is 4.78. The number of benzene rings is 1. The van der Waals surface area contributed by atoms with Crippen molar-refractivity contribution in [2.45, 2.75) is 36.4 Å². The molecule has 0 aliphatic heterocycles. The Labute approximate surface area is 112 Å². The van der Waals surface area contributed by atoms with Gasteiger partial charge in [-0.1, -0.05) is 36.9 Å². The molecule has 1 heterocycles. The first-order chi connectivity index (χ1) is 8.81. The fourth-order valence-corrected chi connectivity index (χ4v) is 2.67. The summed E-state index contributed by atoms with van der Waals surface area (Å²) in [6.07, 6.45) is 2.67. The lowest BCUT2D eigenvalue weighted by Gasteiger charge is -2.16. The number of nitrogens with zero attached hydrogens (tertiary/aromatic N) is 2. The van der Waals surface area contributed by atoms with E-state index < -0.39 is 0 Å². The summed E-state index contributed by atoms with van der Waals surface area (Å²) in [4.78, 5) is 5.36. The number of aromatic amines is 1. The van der Waals surface area contributed by atoms with Crippen molar-refractivity contribution in [3.05, 3.63) is 36.2 Å². The first-order valence-electron chi connectivity index (χ1n) is 6.16. The molecule has 5 heteroatoms. The van der Waals surface area contributed by atoms with Crippen LogP contribution in [0.5, 0.6) is 0 Å². The second-order valence-electron chi connectivity index (χ2n) is 4.11. The average Bonchev–Trinajstić information content (AvgIpc) is 2.89. The molecule has 4 nitrogen and oxygen atoms in total. The van der Waals surface area contributed by atoms with Gasteiger partial charge < -0.3 is 5.32 Å². The SMILES string of the molecule is CCCNC(C)c1ccccc1Sc1ncn[nH]1. The maximum absolute atomic E-state index is 4.15. The summed E-state index contributed by atoms with van der Waals surface area (Å²) >= 11 is 1.61. The van der Waals surface area contributed by atoms with Gasteiger partial charge >= 0.3 is 0 Å². The van der Waals surface area contributed by atoms with Crippen molar-refractivity contribution >= 4 is 11.8 Å². The lowest BCUT2D eigenvalue weighted by atomic mass is 10.1. The molecule has 0 saturated heterocycles. The van der Waals surface area contributed by atoms with Gasteiger partial charge in [-0.3, -0.25) is 5.10 Å². The van der Waals surface area contributed by atoms with E-state index in [2.05, 4.69) is 58.6 Å². The van der Waals surface area contributed by atoms with Crippen LogP contribution in [0.15, 0.2) is 40.6 Å². The monoisotopic (exact) mass is 262 g/mol. The van der Waals surface area contributed by atoms with Crippen molar-refractivity contribution in [2.24, 2.45) is 0 Å². The second-order valence-corrected chi connectivity index (χ2v) is 5.14. The van der Waals surface area contributed by atoms with Crippen LogP contribution >= 0.6 is 11.8 Å². The molecule has 0 amide bonds. The van der Waals surface area contributed by atoms with Crippen molar-refractivity contribution in [1.82, 2.24) is 20.5 Å². The Morgan fingerprint density at radius 3 is 2.94 bits per heavy atom. The second kappa shape index (κ2) is 6.56. The molecular formula is C13H18N4S. The highest BCUT2D eigenvalue weighted by molar-refractivity contribution is 7.99. The molecule has 0 aliphatic rings. The highest BCUT2D eigenvalue weighted by atomic mass is 32.2. The summed E-state index contributed by atoms with van der Waals surface area (Å²) in [7, 11) is 0. The molecule has 0 spiro atoms. The number of H-pyrrole nitrogens is 1. The summed E-state index contributed by atoms with van der Waals surface area (Å²) in [5, 5.41) is 11.1. The van der Waals surface area contributed by atoms with Crippen LogP contribution in [0.2, 0.25) is 0 Å². The number of nitrogens with one attached hydrogen (secondary N) is 2. The maximum atomic E-state index is 4.15. The molecule has 0 aliphatic carbocycles. The van der Waals surface area contributed by atoms with Gasteiger partial charge in [0.1, 0.15) is 6.33 Å². The van der Waals surface area contributed by atoms with Crippen molar-refractivity contribution in [3.63, 3.8) is 0 Å². The fourth-order valence-electron chi connectivity index (χ4n) is 1.75. The zero-order valence-electron chi connectivity index (χ0n) is 10.7. The van der Waals surface area contributed by atoms with E-state index in [9.17, 15) is 0 Å². The quantitative estimate of drug-likeness (QED) is 0.840. The molecule has 1 atom stereocenters. The number of rotatable bonds is 6. The molecule has 0 bridgehead atoms. The molecule has 1 unspecified atom stereocenters. The van der Waals surface area contributed by atoms with E-state index in [1.54, 1.807) is 11.8 Å². The van der Waals surface area contributed by atoms with Crippen molar-refractivity contribution in [2.75, 3.05) is 6.54 Å². The predicted octanol–water partition coefficient (Wildman–Crippen LogP) is 3.02. The van der Waals surface area contributed by atoms with Gasteiger partial charge in [0.15, 0.2) is 5.16 Å². The molecule has 1 aromatic carbocycles. The van der Waals surface area contributed by atoms with E-state index in [0.29, 0.717) is 6.04 Å². The van der Waals surface area contributed by atoms with E-state index >= 15 is 0 Å². The number of aromatic nitrogens is 3. The third kappa shape index (κ3) is 3.34. The Hall–Kier alpha value is -1.33. The van der Waals surface area contributed by atoms with Crippen LogP contribution in [-0.2, 0) is 0 Å². The van der Waals surface area contributed by atoms with Gasteiger partial charge in [0.05, 0.1) is 0 Å². The molecule has 18 heavy (non-hydrogen) atoms. The maximum Gasteiger partial charge on any atom is 0.188 e. The van der Waals surface area contributed by atoms with Gasteiger partial charge in [-0.2, -0.15) is 5.10 Å². The van der Waals surface area contributed by atoms with E-state index in [0.717, 1.165) is 18.1 Å². The van der Waals surface area contributed by atoms with Gasteiger partial charge in [-0.05, 0) is 31.5 Å². The number of hydrogen-bond acceptors (Lipinski definition) is 4. The summed E-state index contributed by atoms with van der Waals surface area (Å²) in [6, 6.07) is 8.74. The van der Waals surface area contributed by atoms with Crippen LogP contribution in [0.4, 0.5) is 0 Å². The van der Waals surface area contributed by atoms with Crippen molar-refractivity contribution in [1.29, 1.82) is 0 Å². The van der Waals surface area contributed by atoms with Gasteiger partial charge in [0.25, 0.3) is 0 Å². The summed E-state index contributed by atoms with van der Waals surface area (Å²) in [6.45, 7) is 5.40. The van der Waals surface area contributed by atoms with E-state index in [1.807, 2.05) is 0 Å². The smallest absolute Gasteiger partial charge is 0.188 e. The van der Waals surface area contributed by atoms with Gasteiger partial charge in [-0.15, -0.1) is 0 Å². The van der Waals surface area contributed by atoms with Crippen LogP contribution in [0.3, 0.4) is 0 Å². The lowest BCUT2D eigenvalue weighted by Crippen LogP contribution is -2.19. The highest BCUT2D eigenvalue weighted by Crippen LogP contribution is 2.30. The van der Waals surface area contributed by atoms with Gasteiger partial charge in [0.2, 0.25) is 0 Å². The molecule has 0 radical (unpaired) electrons. The van der Waals surface area contributed by atoms with E-state index in [-0.39, 0.29) is 0 Å². The van der Waals surface area contributed by atoms with Crippen LogP contribution < -0.4 is 5.32 Å². The lowest BCUT2D eigenvalue weighted by molar-refractivity contribution is 0.564. The minimum atomic E-state index is 0.344. The van der Waals surface area contributed by atoms with E-state index in [4.69, 9.17) is 0 Å². The minimum Gasteiger partial charge on any atom is -0.310 e. The van der Waals surface area contributed by atoms with Crippen LogP contribution in [0.1, 0.15) is 31.9 Å². The Bertz CT molecular complexity index is 470. The normalized spacial score (nSPS) is 12.6. The molecule has 1 aromatic heterocycles. The first kappa shape index (κ1) is 13.1. The molecule has 0 fully saturated rings. The molecular weight excluding hydrogens is 244 g/mol. The van der Waals surface area contributed by atoms with Crippen molar-refractivity contribution < 1.29 is 0 Å². The topological polar surface area (TPSA) is 53.6 Å². The van der Waals surface area contributed by atoms with E-state index in [1.165, 1.54) is 16.8 Å². The molecule has 96 valence electrons. The Morgan fingerprint density at radius 2 is 2.22 bits per heavy atom. The largest absolute Gasteiger partial charge is 0.310 e. The summed E-state index contributed by atoms with van der Waals surface area (Å²) < 4.78 is 0. The predicted molar refractivity (Wildman–Crippen MR) is 73.7 cm³/mol. The first-order valence-corrected chi connectivity index (χ1v) is 6.98. The molecule has 0 saturated carbocycles. The van der Waals surface area contributed by atoms with Crippen LogP contribution in [0.25, 0.3) is 0 Å². The average molecular weight is 262 g/mol. The molecule has 2 aromatic rings. The summed E-state index contributed by atoms with van der Waals surface area (Å²) in [5.41, 5.74) is 1.30. The molecule has 2 N–H and O–H groups in total. The third-order valence-electron chi connectivity index (χ3n) is 2.69. The summed E-state index contributed by atoms with van der Waals surface area (Å²) in [5.74, 6) is 0. The van der Waals surface area contributed by atoms with Gasteiger partial charge in [0, 0.05) is 10.9 Å². The third-order valence-corrected chi connectivity index (χ3v) is 3.67. The highest BCUT2D eigenvalue weighted by Gasteiger charge is 2.11. The zero-order chi connectivity index (χ0) is 12.8. The Balaban J connectivity index is 2.14. The van der Waals surface area contributed by atoms with Crippen LogP contribution in [-0.4, -0.2) is 21.7 Å².